The monoisotopic (exact) mass is 220 g/mol. The van der Waals surface area contributed by atoms with Crippen molar-refractivity contribution in [3.8, 4) is 0 Å². The minimum absolute atomic E-state index is 0.147. The predicted molar refractivity (Wildman–Crippen MR) is 61.6 cm³/mol. The molecule has 0 saturated carbocycles. The number of ether oxygens (including phenoxy) is 2. The molecule has 0 aliphatic heterocycles. The fourth-order valence-corrected chi connectivity index (χ4v) is 1.39. The molecule has 0 aromatic rings. The van der Waals surface area contributed by atoms with Crippen LogP contribution in [0.25, 0.3) is 0 Å². The zero-order valence-corrected chi connectivity index (χ0v) is 10.2. The standard InChI is InChI=1S/C9H20N2O2S/c1-9(2,7-13-4)11-8(14)10-5-6-12-3/h5-7H2,1-4H3,(H2,10,11,14). The molecule has 0 unspecified atom stereocenters. The van der Waals surface area contributed by atoms with Crippen molar-refractivity contribution in [2.24, 2.45) is 0 Å². The third-order valence-electron chi connectivity index (χ3n) is 1.55. The van der Waals surface area contributed by atoms with E-state index in [1.54, 1.807) is 14.2 Å². The molecule has 0 spiro atoms. The summed E-state index contributed by atoms with van der Waals surface area (Å²) in [6, 6.07) is 0. The molecule has 0 aliphatic rings. The van der Waals surface area contributed by atoms with Crippen molar-refractivity contribution < 1.29 is 9.47 Å². The van der Waals surface area contributed by atoms with E-state index in [0.29, 0.717) is 24.9 Å². The number of hydrogen-bond donors (Lipinski definition) is 2. The zero-order chi connectivity index (χ0) is 11.0. The van der Waals surface area contributed by atoms with E-state index in [0.717, 1.165) is 0 Å². The molecule has 0 rings (SSSR count). The van der Waals surface area contributed by atoms with Crippen molar-refractivity contribution in [3.63, 3.8) is 0 Å². The highest BCUT2D eigenvalue weighted by atomic mass is 32.1. The first-order valence-corrected chi connectivity index (χ1v) is 4.96. The molecule has 2 N–H and O–H groups in total. The number of nitrogens with one attached hydrogen (secondary N) is 2. The lowest BCUT2D eigenvalue weighted by atomic mass is 10.1. The molecular formula is C9H20N2O2S. The highest BCUT2D eigenvalue weighted by molar-refractivity contribution is 7.80. The van der Waals surface area contributed by atoms with Gasteiger partial charge in [-0.25, -0.2) is 0 Å². The fraction of sp³-hybridized carbons (Fsp3) is 0.889. The Morgan fingerprint density at radius 3 is 2.43 bits per heavy atom. The van der Waals surface area contributed by atoms with Crippen LogP contribution in [0, 0.1) is 0 Å². The third kappa shape index (κ3) is 7.06. The van der Waals surface area contributed by atoms with Gasteiger partial charge in [-0.2, -0.15) is 0 Å². The Balaban J connectivity index is 3.69. The van der Waals surface area contributed by atoms with Crippen molar-refractivity contribution in [2.45, 2.75) is 19.4 Å². The van der Waals surface area contributed by atoms with Gasteiger partial charge in [0.2, 0.25) is 0 Å². The van der Waals surface area contributed by atoms with Crippen molar-refractivity contribution in [1.82, 2.24) is 10.6 Å². The first kappa shape index (κ1) is 13.6. The van der Waals surface area contributed by atoms with Crippen LogP contribution in [0.15, 0.2) is 0 Å². The SMILES string of the molecule is COCCNC(=S)NC(C)(C)COC. The van der Waals surface area contributed by atoms with E-state index in [9.17, 15) is 0 Å². The predicted octanol–water partition coefficient (Wildman–Crippen LogP) is 0.522. The Kier molecular flexibility index (Phi) is 6.78. The first-order chi connectivity index (χ1) is 6.52. The van der Waals surface area contributed by atoms with Gasteiger partial charge in [-0.15, -0.1) is 0 Å². The molecule has 4 nitrogen and oxygen atoms in total. The highest BCUT2D eigenvalue weighted by Gasteiger charge is 2.17. The maximum atomic E-state index is 5.10. The van der Waals surface area contributed by atoms with E-state index in [2.05, 4.69) is 10.6 Å². The molecule has 0 atom stereocenters. The summed E-state index contributed by atoms with van der Waals surface area (Å²) in [4.78, 5) is 0. The van der Waals surface area contributed by atoms with Gasteiger partial charge in [0.15, 0.2) is 5.11 Å². The number of methoxy groups -OCH3 is 2. The Labute approximate surface area is 91.3 Å². The molecule has 14 heavy (non-hydrogen) atoms. The van der Waals surface area contributed by atoms with Gasteiger partial charge in [0, 0.05) is 20.8 Å². The largest absolute Gasteiger partial charge is 0.383 e. The molecule has 5 heteroatoms. The quantitative estimate of drug-likeness (QED) is 0.505. The van der Waals surface area contributed by atoms with E-state index in [4.69, 9.17) is 21.7 Å². The summed E-state index contributed by atoms with van der Waals surface area (Å²) in [5.74, 6) is 0. The topological polar surface area (TPSA) is 42.5 Å². The summed E-state index contributed by atoms with van der Waals surface area (Å²) in [6.07, 6.45) is 0. The molecule has 0 amide bonds. The summed E-state index contributed by atoms with van der Waals surface area (Å²) in [5, 5.41) is 6.82. The fourth-order valence-electron chi connectivity index (χ4n) is 1.02. The van der Waals surface area contributed by atoms with Gasteiger partial charge in [-0.05, 0) is 26.1 Å². The molecular weight excluding hydrogens is 200 g/mol. The molecule has 0 bridgehead atoms. The lowest BCUT2D eigenvalue weighted by molar-refractivity contribution is 0.139. The van der Waals surface area contributed by atoms with E-state index in [1.807, 2.05) is 13.8 Å². The van der Waals surface area contributed by atoms with Crippen LogP contribution in [-0.2, 0) is 9.47 Å². The van der Waals surface area contributed by atoms with Crippen LogP contribution in [0.2, 0.25) is 0 Å². The van der Waals surface area contributed by atoms with Crippen molar-refractivity contribution in [1.29, 1.82) is 0 Å². The van der Waals surface area contributed by atoms with E-state index < -0.39 is 0 Å². The second-order valence-electron chi connectivity index (χ2n) is 3.69. The average Bonchev–Trinajstić information content (AvgIpc) is 2.03. The molecule has 0 aliphatic carbocycles. The highest BCUT2D eigenvalue weighted by Crippen LogP contribution is 2.01. The van der Waals surface area contributed by atoms with Crippen molar-refractivity contribution in [3.05, 3.63) is 0 Å². The van der Waals surface area contributed by atoms with Gasteiger partial charge in [-0.1, -0.05) is 0 Å². The summed E-state index contributed by atoms with van der Waals surface area (Å²) in [7, 11) is 3.33. The molecule has 0 heterocycles. The zero-order valence-electron chi connectivity index (χ0n) is 9.35. The smallest absolute Gasteiger partial charge is 0.166 e. The Morgan fingerprint density at radius 2 is 1.93 bits per heavy atom. The molecule has 0 fully saturated rings. The van der Waals surface area contributed by atoms with Crippen LogP contribution in [0.5, 0.6) is 0 Å². The van der Waals surface area contributed by atoms with Gasteiger partial charge in [-0.3, -0.25) is 0 Å². The summed E-state index contributed by atoms with van der Waals surface area (Å²) in [6.45, 7) is 6.03. The van der Waals surface area contributed by atoms with Crippen LogP contribution in [0.1, 0.15) is 13.8 Å². The Morgan fingerprint density at radius 1 is 1.29 bits per heavy atom. The van der Waals surface area contributed by atoms with E-state index in [-0.39, 0.29) is 5.54 Å². The lowest BCUT2D eigenvalue weighted by Gasteiger charge is -2.27. The minimum atomic E-state index is -0.147. The van der Waals surface area contributed by atoms with Gasteiger partial charge in [0.25, 0.3) is 0 Å². The van der Waals surface area contributed by atoms with Crippen LogP contribution >= 0.6 is 12.2 Å². The van der Waals surface area contributed by atoms with Crippen LogP contribution < -0.4 is 10.6 Å². The third-order valence-corrected chi connectivity index (χ3v) is 1.80. The molecule has 0 radical (unpaired) electrons. The maximum Gasteiger partial charge on any atom is 0.166 e. The van der Waals surface area contributed by atoms with Gasteiger partial charge in [0.05, 0.1) is 18.8 Å². The number of thiocarbonyl (C=S) groups is 1. The molecule has 0 aromatic heterocycles. The van der Waals surface area contributed by atoms with Crippen LogP contribution in [0.3, 0.4) is 0 Å². The van der Waals surface area contributed by atoms with Gasteiger partial charge in [0.1, 0.15) is 0 Å². The summed E-state index contributed by atoms with van der Waals surface area (Å²) >= 11 is 5.10. The van der Waals surface area contributed by atoms with E-state index >= 15 is 0 Å². The van der Waals surface area contributed by atoms with Crippen LogP contribution in [0.4, 0.5) is 0 Å². The van der Waals surface area contributed by atoms with Gasteiger partial charge < -0.3 is 20.1 Å². The number of rotatable bonds is 6. The van der Waals surface area contributed by atoms with Crippen molar-refractivity contribution in [2.75, 3.05) is 34.0 Å². The first-order valence-electron chi connectivity index (χ1n) is 4.56. The minimum Gasteiger partial charge on any atom is -0.383 e. The molecule has 84 valence electrons. The molecule has 0 aromatic carbocycles. The van der Waals surface area contributed by atoms with E-state index in [1.165, 1.54) is 0 Å². The normalized spacial score (nSPS) is 11.1. The second kappa shape index (κ2) is 6.98. The second-order valence-corrected chi connectivity index (χ2v) is 4.10. The van der Waals surface area contributed by atoms with Gasteiger partial charge >= 0.3 is 0 Å². The lowest BCUT2D eigenvalue weighted by Crippen LogP contribution is -2.51. The maximum absolute atomic E-state index is 5.10. The average molecular weight is 220 g/mol. The Bertz CT molecular complexity index is 174. The van der Waals surface area contributed by atoms with Crippen molar-refractivity contribution >= 4 is 17.3 Å². The summed E-state index contributed by atoms with van der Waals surface area (Å²) in [5.41, 5.74) is -0.147. The Hall–Kier alpha value is -0.390. The molecule has 0 saturated heterocycles. The van der Waals surface area contributed by atoms with Crippen LogP contribution in [-0.4, -0.2) is 44.6 Å². The number of hydrogen-bond acceptors (Lipinski definition) is 3. The summed E-state index contributed by atoms with van der Waals surface area (Å²) < 4.78 is 9.95.